The van der Waals surface area contributed by atoms with Crippen LogP contribution in [0, 0.1) is 0 Å². The summed E-state index contributed by atoms with van der Waals surface area (Å²) in [5.41, 5.74) is 29.1. The molecule has 13 heteroatoms. The molecule has 502 valence electrons. The number of ether oxygens (including phenoxy) is 3. The summed E-state index contributed by atoms with van der Waals surface area (Å²) >= 11 is 0. The minimum atomic E-state index is -0.267. The summed E-state index contributed by atoms with van der Waals surface area (Å²) in [4.78, 5) is 52.0. The lowest BCUT2D eigenvalue weighted by Crippen LogP contribution is -2.11. The lowest BCUT2D eigenvalue weighted by molar-refractivity contribution is 0.102. The highest BCUT2D eigenvalue weighted by molar-refractivity contribution is 6.07. The number of anilines is 1. The van der Waals surface area contributed by atoms with Gasteiger partial charge in [0.15, 0.2) is 0 Å². The van der Waals surface area contributed by atoms with Crippen LogP contribution in [0.4, 0.5) is 5.69 Å². The number of nitrogens with zero attached hydrogens (tertiary/aromatic N) is 4. The Balaban J connectivity index is 0.753. The first-order chi connectivity index (χ1) is 51.8. The largest absolute Gasteiger partial charge is 0.497 e. The third-order valence-corrected chi connectivity index (χ3v) is 19.6. The molecule has 0 saturated carbocycles. The van der Waals surface area contributed by atoms with Crippen molar-refractivity contribution in [2.24, 2.45) is 0 Å². The summed E-state index contributed by atoms with van der Waals surface area (Å²) in [6.07, 6.45) is 16.7. The summed E-state index contributed by atoms with van der Waals surface area (Å²) < 4.78 is 17.4. The van der Waals surface area contributed by atoms with Crippen molar-refractivity contribution in [3.63, 3.8) is 0 Å². The van der Waals surface area contributed by atoms with E-state index in [1.165, 1.54) is 0 Å². The lowest BCUT2D eigenvalue weighted by Gasteiger charge is -2.10. The molecular formula is C92H65N9O4. The van der Waals surface area contributed by atoms with Crippen molar-refractivity contribution >= 4 is 104 Å². The Morgan fingerprint density at radius 2 is 0.486 bits per heavy atom. The predicted molar refractivity (Wildman–Crippen MR) is 429 cm³/mol. The van der Waals surface area contributed by atoms with Gasteiger partial charge in [0, 0.05) is 99.9 Å². The van der Waals surface area contributed by atoms with E-state index >= 15 is 0 Å². The summed E-state index contributed by atoms with van der Waals surface area (Å²) in [6, 6.07) is 88.0. The molecular weight excluding hydrogens is 1300 g/mol. The average Bonchev–Trinajstić information content (AvgIpc) is 1.62. The zero-order valence-corrected chi connectivity index (χ0v) is 57.4. The molecule has 18 rings (SSSR count). The van der Waals surface area contributed by atoms with Crippen LogP contribution in [0.15, 0.2) is 261 Å². The number of rotatable bonds is 13. The van der Waals surface area contributed by atoms with Gasteiger partial charge in [-0.25, -0.2) is 19.9 Å². The highest BCUT2D eigenvalue weighted by atomic mass is 16.5. The molecule has 4 aliphatic heterocycles. The average molecular weight is 1360 g/mol. The van der Waals surface area contributed by atoms with Crippen molar-refractivity contribution in [3.8, 4) is 106 Å². The Morgan fingerprint density at radius 3 is 0.743 bits per heavy atom. The number of carbonyl (C=O) groups excluding carboxylic acids is 1. The smallest absolute Gasteiger partial charge is 0.255 e. The van der Waals surface area contributed by atoms with Gasteiger partial charge in [-0.2, -0.15) is 0 Å². The van der Waals surface area contributed by atoms with Gasteiger partial charge in [-0.1, -0.05) is 152 Å². The Kier molecular flexibility index (Phi) is 16.1. The Bertz CT molecular complexity index is 6240. The van der Waals surface area contributed by atoms with Gasteiger partial charge >= 0.3 is 0 Å². The molecule has 8 aromatic carbocycles. The number of hydrogen-bond donors (Lipinski definition) is 5. The Labute approximate surface area is 604 Å². The van der Waals surface area contributed by atoms with E-state index < -0.39 is 0 Å². The Morgan fingerprint density at radius 1 is 0.257 bits per heavy atom. The standard InChI is InChI=1S/C92H65N9O4/c1-103-65-25-13-22-61(52-65)89-78-46-44-76(98-78)88(77-45-47-79(99-77)90(62-23-14-26-66(53-62)104-2)81-49-51-83(101-81)91(82-50-48-80(89)100-82)63-24-15-27-67(54-63)105-3)59-32-34-64(35-33-59)93-92(102)60-30-28-58(29-31-60)87-74-42-40-72(96-74)85(56-18-9-5-10-19-56)70-38-36-68(94-70)84(55-16-7-4-8-17-55)69-37-39-71(95-69)86(57-20-11-6-12-21-57)73-41-43-75(87)97-73/h4-54,94,97-98,101H,1-3H3,(H,93,102). The first-order valence-corrected chi connectivity index (χ1v) is 34.7. The van der Waals surface area contributed by atoms with Crippen LogP contribution < -0.4 is 19.5 Å². The van der Waals surface area contributed by atoms with Gasteiger partial charge in [0.25, 0.3) is 5.91 Å². The monoisotopic (exact) mass is 1360 g/mol. The first-order valence-electron chi connectivity index (χ1n) is 34.7. The molecule has 1 amide bonds. The normalized spacial score (nSPS) is 12.0. The zero-order chi connectivity index (χ0) is 70.5. The number of benzene rings is 8. The molecule has 0 atom stereocenters. The van der Waals surface area contributed by atoms with Gasteiger partial charge in [0.1, 0.15) is 17.2 Å². The van der Waals surface area contributed by atoms with Gasteiger partial charge < -0.3 is 39.5 Å². The van der Waals surface area contributed by atoms with Crippen LogP contribution in [0.1, 0.15) is 55.9 Å². The topological polar surface area (TPSA) is 172 Å². The van der Waals surface area contributed by atoms with Crippen LogP contribution in [0.25, 0.3) is 182 Å². The van der Waals surface area contributed by atoms with Crippen molar-refractivity contribution in [3.05, 3.63) is 312 Å². The minimum Gasteiger partial charge on any atom is -0.497 e. The molecule has 4 aliphatic rings. The van der Waals surface area contributed by atoms with Crippen molar-refractivity contribution in [2.45, 2.75) is 0 Å². The van der Waals surface area contributed by atoms with E-state index in [4.69, 9.17) is 34.1 Å². The highest BCUT2D eigenvalue weighted by Gasteiger charge is 2.24. The lowest BCUT2D eigenvalue weighted by atomic mass is 10.0. The number of fused-ring (bicyclic) bond motifs is 16. The highest BCUT2D eigenvalue weighted by Crippen LogP contribution is 2.43. The molecule has 105 heavy (non-hydrogen) atoms. The van der Waals surface area contributed by atoms with E-state index in [2.05, 4.69) is 213 Å². The van der Waals surface area contributed by atoms with Crippen LogP contribution in [0.2, 0.25) is 0 Å². The molecule has 0 spiro atoms. The molecule has 14 aromatic rings. The molecule has 0 unspecified atom stereocenters. The number of aromatic amines is 4. The van der Waals surface area contributed by atoms with E-state index in [0.717, 1.165) is 184 Å². The van der Waals surface area contributed by atoms with Crippen LogP contribution in [0.3, 0.4) is 0 Å². The molecule has 13 nitrogen and oxygen atoms in total. The quantitative estimate of drug-likeness (QED) is 0.0759. The van der Waals surface area contributed by atoms with E-state index in [1.807, 2.05) is 121 Å². The summed E-state index contributed by atoms with van der Waals surface area (Å²) in [5.74, 6) is 1.89. The van der Waals surface area contributed by atoms with Crippen LogP contribution in [-0.2, 0) is 0 Å². The number of amides is 1. The van der Waals surface area contributed by atoms with Gasteiger partial charge in [-0.15, -0.1) is 0 Å². The number of carbonyl (C=O) groups is 1. The Hall–Kier alpha value is -14.2. The number of nitrogens with one attached hydrogen (secondary N) is 5. The number of H-pyrrole nitrogens is 4. The number of hydrogen-bond acceptors (Lipinski definition) is 8. The number of aromatic nitrogens is 8. The fourth-order valence-electron chi connectivity index (χ4n) is 14.7. The summed E-state index contributed by atoms with van der Waals surface area (Å²) in [7, 11) is 5.03. The molecule has 0 radical (unpaired) electrons. The first kappa shape index (κ1) is 63.0. The van der Waals surface area contributed by atoms with Gasteiger partial charge in [-0.3, -0.25) is 4.79 Å². The zero-order valence-electron chi connectivity index (χ0n) is 57.4. The van der Waals surface area contributed by atoms with Crippen molar-refractivity contribution in [1.82, 2.24) is 39.9 Å². The third-order valence-electron chi connectivity index (χ3n) is 19.6. The van der Waals surface area contributed by atoms with Crippen LogP contribution in [0.5, 0.6) is 17.2 Å². The fourth-order valence-corrected chi connectivity index (χ4v) is 14.7. The van der Waals surface area contributed by atoms with Gasteiger partial charge in [0.05, 0.1) is 66.9 Å². The second-order valence-corrected chi connectivity index (χ2v) is 25.9. The van der Waals surface area contributed by atoms with Gasteiger partial charge in [0.2, 0.25) is 0 Å². The van der Waals surface area contributed by atoms with E-state index in [-0.39, 0.29) is 5.91 Å². The van der Waals surface area contributed by atoms with Crippen molar-refractivity contribution in [2.75, 3.05) is 26.6 Å². The van der Waals surface area contributed by atoms with Crippen molar-refractivity contribution < 1.29 is 19.0 Å². The molecule has 16 bridgehead atoms. The van der Waals surface area contributed by atoms with E-state index in [1.54, 1.807) is 21.3 Å². The van der Waals surface area contributed by atoms with Crippen molar-refractivity contribution in [1.29, 1.82) is 0 Å². The molecule has 5 N–H and O–H groups in total. The molecule has 0 aliphatic carbocycles. The van der Waals surface area contributed by atoms with E-state index in [9.17, 15) is 4.79 Å². The predicted octanol–water partition coefficient (Wildman–Crippen LogP) is 22.2. The molecule has 6 aromatic heterocycles. The summed E-state index contributed by atoms with van der Waals surface area (Å²) in [6.45, 7) is 0. The third kappa shape index (κ3) is 11.8. The molecule has 10 heterocycles. The fraction of sp³-hybridized carbons (Fsp3) is 0.0326. The number of methoxy groups -OCH3 is 3. The second-order valence-electron chi connectivity index (χ2n) is 25.9. The maximum absolute atomic E-state index is 14.7. The van der Waals surface area contributed by atoms with Crippen LogP contribution >= 0.6 is 0 Å². The van der Waals surface area contributed by atoms with Crippen LogP contribution in [-0.4, -0.2) is 67.1 Å². The van der Waals surface area contributed by atoms with Gasteiger partial charge in [-0.05, 0) is 202 Å². The summed E-state index contributed by atoms with van der Waals surface area (Å²) in [5, 5.41) is 3.22. The molecule has 0 saturated heterocycles. The second kappa shape index (κ2) is 26.7. The minimum absolute atomic E-state index is 0.267. The molecule has 0 fully saturated rings. The SMILES string of the molecule is COc1cccc(-c2c3nc(c(-c4cccc(OC)c4)c4ccc([nH]4)c(-c4cccc(OC)c4)c4nc(c(-c5ccc(NC(=O)c6ccc(-c7c8nc(c(-c9ccccc9)c9ccc([nH]9)c(-c9ccccc9)c9nc(c(-c%10ccccc%10)c%10ccc7[nH]%10)C=C9)C=C8)cc6)cc5)c5ccc2[nH]5)C=C4)C=C3)c1. The maximum atomic E-state index is 14.7. The van der Waals surface area contributed by atoms with E-state index in [0.29, 0.717) is 22.7 Å². The maximum Gasteiger partial charge on any atom is 0.255 e.